The molecule has 3 rings (SSSR count). The normalized spacial score (nSPS) is 11.5. The molecule has 0 atom stereocenters. The molecule has 0 bridgehead atoms. The highest BCUT2D eigenvalue weighted by atomic mass is 32.2. The Morgan fingerprint density at radius 2 is 1.71 bits per heavy atom. The summed E-state index contributed by atoms with van der Waals surface area (Å²) in [7, 11) is -2.75. The molecule has 0 saturated carbocycles. The quantitative estimate of drug-likeness (QED) is 0.564. The van der Waals surface area contributed by atoms with E-state index in [2.05, 4.69) is 0 Å². The lowest BCUT2D eigenvalue weighted by atomic mass is 10.2. The molecule has 0 spiro atoms. The zero-order chi connectivity index (χ0) is 20.1. The molecule has 0 amide bonds. The number of esters is 1. The van der Waals surface area contributed by atoms with Gasteiger partial charge in [0.05, 0.1) is 24.8 Å². The van der Waals surface area contributed by atoms with Crippen LogP contribution in [0, 0.1) is 5.82 Å². The lowest BCUT2D eigenvalue weighted by molar-refractivity contribution is 0.0597. The van der Waals surface area contributed by atoms with Gasteiger partial charge in [0.2, 0.25) is 10.0 Å². The molecule has 1 aromatic heterocycles. The average molecular weight is 403 g/mol. The first-order chi connectivity index (χ1) is 13.4. The standard InChI is InChI=1S/C20H18FNO5S/c1-26-20(23)18-11-12-27-19(18)14-22(13-15-5-3-2-4-6-15)28(24,25)17-9-7-16(21)8-10-17/h2-12H,13-14H2,1H3. The van der Waals surface area contributed by atoms with Crippen LogP contribution in [0.25, 0.3) is 0 Å². The van der Waals surface area contributed by atoms with Crippen molar-refractivity contribution in [1.29, 1.82) is 0 Å². The first-order valence-electron chi connectivity index (χ1n) is 8.36. The molecule has 28 heavy (non-hydrogen) atoms. The van der Waals surface area contributed by atoms with Crippen LogP contribution in [0.4, 0.5) is 4.39 Å². The second kappa shape index (κ2) is 8.37. The van der Waals surface area contributed by atoms with Gasteiger partial charge in [0.25, 0.3) is 0 Å². The largest absolute Gasteiger partial charge is 0.467 e. The molecule has 0 fully saturated rings. The maximum atomic E-state index is 13.2. The molecule has 0 aliphatic rings. The smallest absolute Gasteiger partial charge is 0.341 e. The highest BCUT2D eigenvalue weighted by Crippen LogP contribution is 2.23. The van der Waals surface area contributed by atoms with Gasteiger partial charge in [-0.1, -0.05) is 30.3 Å². The van der Waals surface area contributed by atoms with Crippen LogP contribution >= 0.6 is 0 Å². The molecule has 1 heterocycles. The number of benzene rings is 2. The molecule has 146 valence electrons. The highest BCUT2D eigenvalue weighted by molar-refractivity contribution is 7.89. The fraction of sp³-hybridized carbons (Fsp3) is 0.150. The molecular weight excluding hydrogens is 385 g/mol. The molecule has 0 aliphatic heterocycles. The maximum Gasteiger partial charge on any atom is 0.341 e. The van der Waals surface area contributed by atoms with Crippen LogP contribution in [0.5, 0.6) is 0 Å². The van der Waals surface area contributed by atoms with Gasteiger partial charge in [-0.25, -0.2) is 17.6 Å². The number of furan rings is 1. The molecule has 0 saturated heterocycles. The minimum absolute atomic E-state index is 0.0435. The van der Waals surface area contributed by atoms with E-state index < -0.39 is 21.8 Å². The van der Waals surface area contributed by atoms with Crippen molar-refractivity contribution in [2.45, 2.75) is 18.0 Å². The minimum atomic E-state index is -3.99. The first-order valence-corrected chi connectivity index (χ1v) is 9.80. The number of hydrogen-bond donors (Lipinski definition) is 0. The first kappa shape index (κ1) is 19.8. The molecule has 2 aromatic carbocycles. The Balaban J connectivity index is 1.99. The van der Waals surface area contributed by atoms with Crippen molar-refractivity contribution in [3.05, 3.63) is 89.6 Å². The van der Waals surface area contributed by atoms with Crippen LogP contribution in [-0.2, 0) is 27.8 Å². The van der Waals surface area contributed by atoms with Crippen molar-refractivity contribution in [3.8, 4) is 0 Å². The third-order valence-corrected chi connectivity index (χ3v) is 5.93. The second-order valence-corrected chi connectivity index (χ2v) is 7.90. The van der Waals surface area contributed by atoms with E-state index in [1.165, 1.54) is 35.9 Å². The van der Waals surface area contributed by atoms with Crippen LogP contribution in [0.3, 0.4) is 0 Å². The van der Waals surface area contributed by atoms with E-state index in [-0.39, 0.29) is 29.3 Å². The number of carbonyl (C=O) groups is 1. The summed E-state index contributed by atoms with van der Waals surface area (Å²) in [6.45, 7) is -0.145. The Hall–Kier alpha value is -2.97. The van der Waals surface area contributed by atoms with Gasteiger partial charge in [0.15, 0.2) is 0 Å². The van der Waals surface area contributed by atoms with Crippen LogP contribution in [0.2, 0.25) is 0 Å². The predicted molar refractivity (Wildman–Crippen MR) is 99.3 cm³/mol. The number of methoxy groups -OCH3 is 1. The minimum Gasteiger partial charge on any atom is -0.467 e. The van der Waals surface area contributed by atoms with Gasteiger partial charge >= 0.3 is 5.97 Å². The van der Waals surface area contributed by atoms with Crippen molar-refractivity contribution in [3.63, 3.8) is 0 Å². The summed E-state index contributed by atoms with van der Waals surface area (Å²) in [5, 5.41) is 0. The summed E-state index contributed by atoms with van der Waals surface area (Å²) < 4.78 is 50.8. The summed E-state index contributed by atoms with van der Waals surface area (Å²) in [6, 6.07) is 15.0. The van der Waals surface area contributed by atoms with Gasteiger partial charge < -0.3 is 9.15 Å². The van der Waals surface area contributed by atoms with Crippen LogP contribution < -0.4 is 0 Å². The number of ether oxygens (including phenoxy) is 1. The zero-order valence-corrected chi connectivity index (χ0v) is 15.9. The summed E-state index contributed by atoms with van der Waals surface area (Å²) >= 11 is 0. The van der Waals surface area contributed by atoms with E-state index in [9.17, 15) is 17.6 Å². The lowest BCUT2D eigenvalue weighted by Gasteiger charge is -2.22. The topological polar surface area (TPSA) is 76.8 Å². The van der Waals surface area contributed by atoms with Gasteiger partial charge in [-0.3, -0.25) is 0 Å². The molecule has 0 radical (unpaired) electrons. The van der Waals surface area contributed by atoms with E-state index >= 15 is 0 Å². The average Bonchev–Trinajstić information content (AvgIpc) is 3.16. The van der Waals surface area contributed by atoms with E-state index in [1.807, 2.05) is 6.07 Å². The second-order valence-electron chi connectivity index (χ2n) is 5.96. The van der Waals surface area contributed by atoms with Crippen LogP contribution in [0.15, 0.2) is 76.2 Å². The van der Waals surface area contributed by atoms with Gasteiger partial charge in [0.1, 0.15) is 17.1 Å². The third-order valence-electron chi connectivity index (χ3n) is 4.12. The summed E-state index contributed by atoms with van der Waals surface area (Å²) in [5.41, 5.74) is 0.897. The number of sulfonamides is 1. The Kier molecular flexibility index (Phi) is 5.91. The van der Waals surface area contributed by atoms with Crippen LogP contribution in [-0.4, -0.2) is 25.8 Å². The van der Waals surface area contributed by atoms with Gasteiger partial charge in [-0.2, -0.15) is 4.31 Å². The van der Waals surface area contributed by atoms with Crippen molar-refractivity contribution in [2.24, 2.45) is 0 Å². The molecule has 6 nitrogen and oxygen atoms in total. The molecule has 0 aliphatic carbocycles. The van der Waals surface area contributed by atoms with Gasteiger partial charge in [0, 0.05) is 6.54 Å². The number of nitrogens with zero attached hydrogens (tertiary/aromatic N) is 1. The molecule has 8 heteroatoms. The van der Waals surface area contributed by atoms with Crippen LogP contribution in [0.1, 0.15) is 21.7 Å². The van der Waals surface area contributed by atoms with Crippen molar-refractivity contribution in [2.75, 3.05) is 7.11 Å². The highest BCUT2D eigenvalue weighted by Gasteiger charge is 2.28. The molecule has 3 aromatic rings. The number of rotatable bonds is 7. The Bertz CT molecular complexity index is 1050. The fourth-order valence-corrected chi connectivity index (χ4v) is 4.07. The number of hydrogen-bond acceptors (Lipinski definition) is 5. The molecule has 0 N–H and O–H groups in total. The predicted octanol–water partition coefficient (Wildman–Crippen LogP) is 3.60. The summed E-state index contributed by atoms with van der Waals surface area (Å²) in [6.07, 6.45) is 1.30. The Labute approximate surface area is 162 Å². The summed E-state index contributed by atoms with van der Waals surface area (Å²) in [5.74, 6) is -0.997. The molecular formula is C20H18FNO5S. The maximum absolute atomic E-state index is 13.2. The summed E-state index contributed by atoms with van der Waals surface area (Å²) in [4.78, 5) is 11.8. The van der Waals surface area contributed by atoms with Crippen molar-refractivity contribution in [1.82, 2.24) is 4.31 Å². The lowest BCUT2D eigenvalue weighted by Crippen LogP contribution is -2.30. The Morgan fingerprint density at radius 3 is 2.36 bits per heavy atom. The van der Waals surface area contributed by atoms with E-state index in [0.717, 1.165) is 17.7 Å². The third kappa shape index (κ3) is 4.29. The van der Waals surface area contributed by atoms with E-state index in [1.54, 1.807) is 24.3 Å². The monoisotopic (exact) mass is 403 g/mol. The zero-order valence-electron chi connectivity index (χ0n) is 15.0. The fourth-order valence-electron chi connectivity index (χ4n) is 2.68. The van der Waals surface area contributed by atoms with Gasteiger partial charge in [-0.15, -0.1) is 0 Å². The molecule has 0 unspecified atom stereocenters. The number of carbonyl (C=O) groups excluding carboxylic acids is 1. The SMILES string of the molecule is COC(=O)c1ccoc1CN(Cc1ccccc1)S(=O)(=O)c1ccc(F)cc1. The van der Waals surface area contributed by atoms with Crippen molar-refractivity contribution >= 4 is 16.0 Å². The Morgan fingerprint density at radius 1 is 1.04 bits per heavy atom. The van der Waals surface area contributed by atoms with Crippen molar-refractivity contribution < 1.29 is 26.8 Å². The van der Waals surface area contributed by atoms with E-state index in [4.69, 9.17) is 9.15 Å². The van der Waals surface area contributed by atoms with Gasteiger partial charge in [-0.05, 0) is 35.9 Å². The van der Waals surface area contributed by atoms with E-state index in [0.29, 0.717) is 0 Å². The number of halogens is 1.